The summed E-state index contributed by atoms with van der Waals surface area (Å²) in [7, 11) is 1.35. The molecule has 0 heterocycles. The number of benzene rings is 2. The number of carbonyl (C=O) groups is 1. The van der Waals surface area contributed by atoms with Gasteiger partial charge in [0.25, 0.3) is 0 Å². The second kappa shape index (κ2) is 7.09. The summed E-state index contributed by atoms with van der Waals surface area (Å²) < 4.78 is 23.5. The van der Waals surface area contributed by atoms with Crippen molar-refractivity contribution in [3.63, 3.8) is 0 Å². The van der Waals surface area contributed by atoms with Gasteiger partial charge in [0.1, 0.15) is 18.2 Å². The second-order valence-electron chi connectivity index (χ2n) is 4.39. The molecule has 2 aromatic rings. The fourth-order valence-corrected chi connectivity index (χ4v) is 1.94. The summed E-state index contributed by atoms with van der Waals surface area (Å²) >= 11 is 5.61. The largest absolute Gasteiger partial charge is 0.489 e. The smallest absolute Gasteiger partial charge is 0.309 e. The first-order chi connectivity index (χ1) is 10.1. The van der Waals surface area contributed by atoms with Crippen LogP contribution in [0.1, 0.15) is 11.1 Å². The van der Waals surface area contributed by atoms with Gasteiger partial charge in [0, 0.05) is 6.07 Å². The zero-order valence-corrected chi connectivity index (χ0v) is 12.2. The molecule has 0 unspecified atom stereocenters. The number of rotatable bonds is 5. The van der Waals surface area contributed by atoms with Crippen molar-refractivity contribution in [1.82, 2.24) is 0 Å². The molecule has 0 aliphatic carbocycles. The quantitative estimate of drug-likeness (QED) is 0.789. The van der Waals surface area contributed by atoms with E-state index in [0.717, 1.165) is 11.1 Å². The van der Waals surface area contributed by atoms with E-state index in [9.17, 15) is 9.18 Å². The minimum absolute atomic E-state index is 0.0495. The molecular formula is C16H14ClFO3. The van der Waals surface area contributed by atoms with E-state index in [-0.39, 0.29) is 24.0 Å². The average Bonchev–Trinajstić information content (AvgIpc) is 2.49. The summed E-state index contributed by atoms with van der Waals surface area (Å²) in [5.74, 6) is -0.471. The maximum absolute atomic E-state index is 13.3. The van der Waals surface area contributed by atoms with Crippen molar-refractivity contribution in [2.75, 3.05) is 7.11 Å². The number of hydrogen-bond donors (Lipinski definition) is 0. The van der Waals surface area contributed by atoms with Crippen molar-refractivity contribution < 1.29 is 18.7 Å². The minimum Gasteiger partial charge on any atom is -0.489 e. The first-order valence-electron chi connectivity index (χ1n) is 6.31. The Bertz CT molecular complexity index is 643. The number of halogens is 2. The maximum atomic E-state index is 13.3. The Hall–Kier alpha value is -2.07. The highest BCUT2D eigenvalue weighted by molar-refractivity contribution is 6.30. The third kappa shape index (κ3) is 4.20. The molecule has 2 rings (SSSR count). The summed E-state index contributed by atoms with van der Waals surface area (Å²) in [6, 6.07) is 11.6. The molecule has 0 bridgehead atoms. The third-order valence-electron chi connectivity index (χ3n) is 2.97. The predicted octanol–water partition coefficient (Wildman–Crippen LogP) is 3.77. The lowest BCUT2D eigenvalue weighted by Crippen LogP contribution is -2.08. The number of methoxy groups -OCH3 is 1. The number of hydrogen-bond acceptors (Lipinski definition) is 3. The van der Waals surface area contributed by atoms with Crippen LogP contribution in [-0.4, -0.2) is 13.1 Å². The molecule has 0 saturated heterocycles. The Labute approximate surface area is 127 Å². The standard InChI is InChI=1S/C16H14ClFO3/c1-20-16(19)8-11-4-2-3-5-12(11)10-21-13-6-7-14(17)15(18)9-13/h2-7,9H,8,10H2,1H3. The van der Waals surface area contributed by atoms with E-state index < -0.39 is 5.82 Å². The lowest BCUT2D eigenvalue weighted by atomic mass is 10.1. The molecule has 110 valence electrons. The molecule has 0 saturated carbocycles. The van der Waals surface area contributed by atoms with Crippen LogP contribution in [0, 0.1) is 5.82 Å². The lowest BCUT2D eigenvalue weighted by Gasteiger charge is -2.10. The molecule has 21 heavy (non-hydrogen) atoms. The van der Waals surface area contributed by atoms with Gasteiger partial charge in [0.2, 0.25) is 0 Å². The molecule has 2 aromatic carbocycles. The van der Waals surface area contributed by atoms with E-state index in [1.807, 2.05) is 24.3 Å². The summed E-state index contributed by atoms with van der Waals surface area (Å²) in [5.41, 5.74) is 1.66. The molecule has 5 heteroatoms. The number of carbonyl (C=O) groups excluding carboxylic acids is 1. The zero-order valence-electron chi connectivity index (χ0n) is 11.4. The molecule has 0 amide bonds. The van der Waals surface area contributed by atoms with Crippen LogP contribution in [0.25, 0.3) is 0 Å². The van der Waals surface area contributed by atoms with E-state index in [1.165, 1.54) is 19.2 Å². The van der Waals surface area contributed by atoms with Crippen LogP contribution in [0.2, 0.25) is 5.02 Å². The van der Waals surface area contributed by atoms with Gasteiger partial charge in [-0.1, -0.05) is 35.9 Å². The number of ether oxygens (including phenoxy) is 2. The van der Waals surface area contributed by atoms with E-state index in [4.69, 9.17) is 16.3 Å². The van der Waals surface area contributed by atoms with Gasteiger partial charge < -0.3 is 9.47 Å². The minimum atomic E-state index is -0.531. The molecule has 0 radical (unpaired) electrons. The van der Waals surface area contributed by atoms with E-state index in [0.29, 0.717) is 5.75 Å². The highest BCUT2D eigenvalue weighted by Crippen LogP contribution is 2.22. The van der Waals surface area contributed by atoms with Crippen LogP contribution in [0.3, 0.4) is 0 Å². The lowest BCUT2D eigenvalue weighted by molar-refractivity contribution is -0.139. The molecule has 0 spiro atoms. The molecule has 3 nitrogen and oxygen atoms in total. The molecular weight excluding hydrogens is 295 g/mol. The van der Waals surface area contributed by atoms with Crippen LogP contribution in [0.15, 0.2) is 42.5 Å². The second-order valence-corrected chi connectivity index (χ2v) is 4.79. The summed E-state index contributed by atoms with van der Waals surface area (Å²) in [6.07, 6.45) is 0.172. The van der Waals surface area contributed by atoms with Gasteiger partial charge in [-0.25, -0.2) is 4.39 Å². The molecule has 0 aliphatic heterocycles. The molecule has 0 atom stereocenters. The van der Waals surface area contributed by atoms with Gasteiger partial charge in [-0.2, -0.15) is 0 Å². The van der Waals surface area contributed by atoms with Crippen LogP contribution in [0.5, 0.6) is 5.75 Å². The summed E-state index contributed by atoms with van der Waals surface area (Å²) in [5, 5.41) is 0.0495. The first kappa shape index (κ1) is 15.3. The van der Waals surface area contributed by atoms with Gasteiger partial charge in [-0.05, 0) is 23.3 Å². The van der Waals surface area contributed by atoms with Crippen LogP contribution in [0.4, 0.5) is 4.39 Å². The van der Waals surface area contributed by atoms with Crippen LogP contribution in [-0.2, 0) is 22.6 Å². The van der Waals surface area contributed by atoms with Gasteiger partial charge >= 0.3 is 5.97 Å². The highest BCUT2D eigenvalue weighted by Gasteiger charge is 2.09. The maximum Gasteiger partial charge on any atom is 0.309 e. The topological polar surface area (TPSA) is 35.5 Å². The van der Waals surface area contributed by atoms with Crippen molar-refractivity contribution >= 4 is 17.6 Å². The summed E-state index contributed by atoms with van der Waals surface area (Å²) in [6.45, 7) is 0.230. The average molecular weight is 309 g/mol. The van der Waals surface area contributed by atoms with Gasteiger partial charge in [0.15, 0.2) is 0 Å². The van der Waals surface area contributed by atoms with Crippen LogP contribution >= 0.6 is 11.6 Å². The third-order valence-corrected chi connectivity index (χ3v) is 3.27. The van der Waals surface area contributed by atoms with Gasteiger partial charge in [-0.3, -0.25) is 4.79 Å². The zero-order chi connectivity index (χ0) is 15.2. The Morgan fingerprint density at radius 3 is 2.57 bits per heavy atom. The van der Waals surface area contributed by atoms with Crippen molar-refractivity contribution in [3.05, 3.63) is 64.4 Å². The molecule has 0 N–H and O–H groups in total. The normalized spacial score (nSPS) is 10.2. The fraction of sp³-hybridized carbons (Fsp3) is 0.188. The molecule has 0 aromatic heterocycles. The highest BCUT2D eigenvalue weighted by atomic mass is 35.5. The van der Waals surface area contributed by atoms with Crippen molar-refractivity contribution in [1.29, 1.82) is 0 Å². The van der Waals surface area contributed by atoms with E-state index >= 15 is 0 Å². The summed E-state index contributed by atoms with van der Waals surface area (Å²) in [4.78, 5) is 11.4. The monoisotopic (exact) mass is 308 g/mol. The van der Waals surface area contributed by atoms with Crippen molar-refractivity contribution in [2.24, 2.45) is 0 Å². The SMILES string of the molecule is COC(=O)Cc1ccccc1COc1ccc(Cl)c(F)c1. The van der Waals surface area contributed by atoms with E-state index in [2.05, 4.69) is 4.74 Å². The Morgan fingerprint density at radius 1 is 1.19 bits per heavy atom. The van der Waals surface area contributed by atoms with Gasteiger partial charge in [-0.15, -0.1) is 0 Å². The van der Waals surface area contributed by atoms with Gasteiger partial charge in [0.05, 0.1) is 18.6 Å². The molecule has 0 aliphatic rings. The Morgan fingerprint density at radius 2 is 1.90 bits per heavy atom. The predicted molar refractivity (Wildman–Crippen MR) is 77.9 cm³/mol. The fourth-order valence-electron chi connectivity index (χ4n) is 1.83. The Balaban J connectivity index is 2.09. The first-order valence-corrected chi connectivity index (χ1v) is 6.69. The van der Waals surface area contributed by atoms with E-state index in [1.54, 1.807) is 6.07 Å². The van der Waals surface area contributed by atoms with Crippen LogP contribution < -0.4 is 4.74 Å². The number of esters is 1. The Kier molecular flexibility index (Phi) is 5.17. The van der Waals surface area contributed by atoms with Crippen molar-refractivity contribution in [2.45, 2.75) is 13.0 Å². The molecule has 0 fully saturated rings. The van der Waals surface area contributed by atoms with Crippen molar-refractivity contribution in [3.8, 4) is 5.75 Å².